The number of ether oxygens (including phenoxy) is 2. The molecule has 0 aromatic rings. The summed E-state index contributed by atoms with van der Waals surface area (Å²) >= 11 is 0. The van der Waals surface area contributed by atoms with Gasteiger partial charge in [-0.2, -0.15) is 0 Å². The maximum Gasteiger partial charge on any atom is 0.0817 e. The van der Waals surface area contributed by atoms with Gasteiger partial charge in [-0.15, -0.1) is 0 Å². The van der Waals surface area contributed by atoms with E-state index >= 15 is 0 Å². The van der Waals surface area contributed by atoms with E-state index in [-0.39, 0.29) is 11.6 Å². The normalized spacial score (nSPS) is 23.3. The molecule has 2 atom stereocenters. The molecule has 4 nitrogen and oxygen atoms in total. The second-order valence-corrected chi connectivity index (χ2v) is 5.11. The van der Waals surface area contributed by atoms with E-state index in [2.05, 4.69) is 19.3 Å². The quantitative estimate of drug-likeness (QED) is 0.530. The first-order valence-corrected chi connectivity index (χ1v) is 6.84. The molecule has 0 bridgehead atoms. The van der Waals surface area contributed by atoms with Crippen LogP contribution in [0.1, 0.15) is 46.5 Å². The topological polar surface area (TPSA) is 56.5 Å². The van der Waals surface area contributed by atoms with Gasteiger partial charge in [0.15, 0.2) is 0 Å². The second kappa shape index (κ2) is 7.31. The van der Waals surface area contributed by atoms with Gasteiger partial charge in [-0.1, -0.05) is 6.92 Å². The fraction of sp³-hybridized carbons (Fsp3) is 1.00. The van der Waals surface area contributed by atoms with Gasteiger partial charge in [0, 0.05) is 19.8 Å². The lowest BCUT2D eigenvalue weighted by Gasteiger charge is -2.38. The van der Waals surface area contributed by atoms with E-state index in [0.29, 0.717) is 5.92 Å². The van der Waals surface area contributed by atoms with Gasteiger partial charge in [0.1, 0.15) is 0 Å². The Bertz CT molecular complexity index is 208. The van der Waals surface area contributed by atoms with Crippen molar-refractivity contribution in [1.29, 1.82) is 0 Å². The maximum atomic E-state index is 5.90. The summed E-state index contributed by atoms with van der Waals surface area (Å²) in [6, 6.07) is 0.218. The number of rotatable bonds is 7. The lowest BCUT2D eigenvalue weighted by molar-refractivity contribution is -0.0641. The highest BCUT2D eigenvalue weighted by atomic mass is 16.5. The summed E-state index contributed by atoms with van der Waals surface area (Å²) < 4.78 is 11.3. The first-order valence-electron chi connectivity index (χ1n) is 6.84. The predicted molar refractivity (Wildman–Crippen MR) is 69.6 cm³/mol. The van der Waals surface area contributed by atoms with E-state index in [1.807, 2.05) is 6.92 Å². The molecule has 1 saturated heterocycles. The first-order chi connectivity index (χ1) is 8.16. The summed E-state index contributed by atoms with van der Waals surface area (Å²) in [7, 11) is 0. The second-order valence-electron chi connectivity index (χ2n) is 5.11. The zero-order chi connectivity index (χ0) is 12.7. The molecule has 17 heavy (non-hydrogen) atoms. The third-order valence-electron chi connectivity index (χ3n) is 4.02. The molecule has 2 unspecified atom stereocenters. The average Bonchev–Trinajstić information content (AvgIpc) is 2.37. The van der Waals surface area contributed by atoms with Gasteiger partial charge in [-0.3, -0.25) is 11.3 Å². The molecule has 0 radical (unpaired) electrons. The zero-order valence-electron chi connectivity index (χ0n) is 11.5. The minimum absolute atomic E-state index is 0.165. The third kappa shape index (κ3) is 4.21. The molecule has 102 valence electrons. The number of nitrogens with two attached hydrogens (primary N) is 1. The summed E-state index contributed by atoms with van der Waals surface area (Å²) in [6.07, 6.45) is 4.33. The Hall–Kier alpha value is -0.160. The molecule has 0 aromatic heterocycles. The number of hydrogen-bond acceptors (Lipinski definition) is 4. The van der Waals surface area contributed by atoms with Crippen LogP contribution >= 0.6 is 0 Å². The Morgan fingerprint density at radius 3 is 2.53 bits per heavy atom. The van der Waals surface area contributed by atoms with Crippen molar-refractivity contribution in [3.63, 3.8) is 0 Å². The molecule has 1 rings (SSSR count). The highest BCUT2D eigenvalue weighted by Crippen LogP contribution is 2.28. The van der Waals surface area contributed by atoms with Gasteiger partial charge in [0.25, 0.3) is 0 Å². The Morgan fingerprint density at radius 2 is 2.06 bits per heavy atom. The number of nitrogens with one attached hydrogen (secondary N) is 1. The van der Waals surface area contributed by atoms with Crippen LogP contribution in [0.25, 0.3) is 0 Å². The van der Waals surface area contributed by atoms with Crippen LogP contribution in [0.4, 0.5) is 0 Å². The van der Waals surface area contributed by atoms with Gasteiger partial charge in [-0.05, 0) is 45.4 Å². The van der Waals surface area contributed by atoms with Crippen LogP contribution < -0.4 is 11.3 Å². The van der Waals surface area contributed by atoms with Crippen molar-refractivity contribution in [3.05, 3.63) is 0 Å². The number of hydrazine groups is 1. The summed E-state index contributed by atoms with van der Waals surface area (Å²) in [6.45, 7) is 8.86. The molecule has 0 saturated carbocycles. The van der Waals surface area contributed by atoms with Crippen LogP contribution in [0.2, 0.25) is 0 Å². The molecule has 0 spiro atoms. The minimum Gasteiger partial charge on any atom is -0.381 e. The van der Waals surface area contributed by atoms with Gasteiger partial charge in [0.05, 0.1) is 11.6 Å². The Balaban J connectivity index is 2.55. The molecule has 0 aromatic carbocycles. The van der Waals surface area contributed by atoms with Gasteiger partial charge < -0.3 is 9.47 Å². The lowest BCUT2D eigenvalue weighted by atomic mass is 9.83. The van der Waals surface area contributed by atoms with Crippen LogP contribution in [-0.2, 0) is 9.47 Å². The van der Waals surface area contributed by atoms with E-state index in [1.165, 1.54) is 0 Å². The SMILES string of the molecule is CCOC(C)(CC)C(CC1CCOCC1)NN. The van der Waals surface area contributed by atoms with E-state index in [1.54, 1.807) is 0 Å². The highest BCUT2D eigenvalue weighted by Gasteiger charge is 2.34. The Labute approximate surface area is 105 Å². The maximum absolute atomic E-state index is 5.90. The van der Waals surface area contributed by atoms with Crippen molar-refractivity contribution in [2.24, 2.45) is 11.8 Å². The monoisotopic (exact) mass is 244 g/mol. The van der Waals surface area contributed by atoms with Crippen LogP contribution in [0.15, 0.2) is 0 Å². The molecule has 3 N–H and O–H groups in total. The molecule has 4 heteroatoms. The summed E-state index contributed by atoms with van der Waals surface area (Å²) in [4.78, 5) is 0. The molecule has 1 fully saturated rings. The predicted octanol–water partition coefficient (Wildman–Crippen LogP) is 1.84. The summed E-state index contributed by atoms with van der Waals surface area (Å²) in [5.74, 6) is 6.43. The fourth-order valence-corrected chi connectivity index (χ4v) is 2.59. The van der Waals surface area contributed by atoms with Crippen LogP contribution in [0.5, 0.6) is 0 Å². The summed E-state index contributed by atoms with van der Waals surface area (Å²) in [5, 5.41) is 0. The third-order valence-corrected chi connectivity index (χ3v) is 4.02. The van der Waals surface area contributed by atoms with Gasteiger partial charge in [0.2, 0.25) is 0 Å². The van der Waals surface area contributed by atoms with Crippen molar-refractivity contribution in [3.8, 4) is 0 Å². The molecule has 0 amide bonds. The minimum atomic E-state index is -0.165. The van der Waals surface area contributed by atoms with Crippen molar-refractivity contribution >= 4 is 0 Å². The van der Waals surface area contributed by atoms with E-state index in [4.69, 9.17) is 15.3 Å². The fourth-order valence-electron chi connectivity index (χ4n) is 2.59. The largest absolute Gasteiger partial charge is 0.381 e. The molecular formula is C13H28N2O2. The van der Waals surface area contributed by atoms with Crippen molar-refractivity contribution in [2.45, 2.75) is 58.1 Å². The number of hydrogen-bond donors (Lipinski definition) is 2. The van der Waals surface area contributed by atoms with Crippen LogP contribution in [-0.4, -0.2) is 31.5 Å². The summed E-state index contributed by atoms with van der Waals surface area (Å²) in [5.41, 5.74) is 2.79. The van der Waals surface area contributed by atoms with Crippen LogP contribution in [0, 0.1) is 5.92 Å². The lowest BCUT2D eigenvalue weighted by Crippen LogP contribution is -2.54. The van der Waals surface area contributed by atoms with E-state index in [9.17, 15) is 0 Å². The zero-order valence-corrected chi connectivity index (χ0v) is 11.5. The Morgan fingerprint density at radius 1 is 1.41 bits per heavy atom. The van der Waals surface area contributed by atoms with E-state index in [0.717, 1.165) is 45.5 Å². The molecule has 1 aliphatic heterocycles. The van der Waals surface area contributed by atoms with Crippen molar-refractivity contribution in [1.82, 2.24) is 5.43 Å². The standard InChI is InChI=1S/C13H28N2O2/c1-4-13(3,17-5-2)12(15-14)10-11-6-8-16-9-7-11/h11-12,15H,4-10,14H2,1-3H3. The Kier molecular flexibility index (Phi) is 6.41. The molecular weight excluding hydrogens is 216 g/mol. The van der Waals surface area contributed by atoms with Crippen LogP contribution in [0.3, 0.4) is 0 Å². The molecule has 1 heterocycles. The van der Waals surface area contributed by atoms with Crippen molar-refractivity contribution in [2.75, 3.05) is 19.8 Å². The smallest absolute Gasteiger partial charge is 0.0817 e. The van der Waals surface area contributed by atoms with Gasteiger partial charge >= 0.3 is 0 Å². The highest BCUT2D eigenvalue weighted by molar-refractivity contribution is 4.89. The van der Waals surface area contributed by atoms with E-state index < -0.39 is 0 Å². The van der Waals surface area contributed by atoms with Gasteiger partial charge in [-0.25, -0.2) is 0 Å². The average molecular weight is 244 g/mol. The first kappa shape index (κ1) is 14.9. The van der Waals surface area contributed by atoms with Crippen molar-refractivity contribution < 1.29 is 9.47 Å². The molecule has 0 aliphatic carbocycles. The molecule has 1 aliphatic rings.